The smallest absolute Gasteiger partial charge is 0.228 e. The van der Waals surface area contributed by atoms with Gasteiger partial charge in [0.2, 0.25) is 5.95 Å². The molecular weight excluding hydrogens is 295 g/mol. The highest BCUT2D eigenvalue weighted by Gasteiger charge is 2.26. The number of benzene rings is 1. The molecule has 0 radical (unpaired) electrons. The molecule has 100 valence electrons. The second-order valence-electron chi connectivity index (χ2n) is 4.65. The Labute approximate surface area is 126 Å². The summed E-state index contributed by atoms with van der Waals surface area (Å²) in [5.41, 5.74) is 2.56. The van der Waals surface area contributed by atoms with Crippen LogP contribution in [0.15, 0.2) is 24.4 Å². The number of nitrogens with zero attached hydrogens (tertiary/aromatic N) is 3. The number of nitriles is 1. The molecule has 1 aliphatic rings. The third kappa shape index (κ3) is 2.69. The van der Waals surface area contributed by atoms with Crippen molar-refractivity contribution < 1.29 is 0 Å². The van der Waals surface area contributed by atoms with Gasteiger partial charge in [0.25, 0.3) is 0 Å². The van der Waals surface area contributed by atoms with Crippen molar-refractivity contribution in [3.05, 3.63) is 45.7 Å². The van der Waals surface area contributed by atoms with Gasteiger partial charge in [-0.2, -0.15) is 10.2 Å². The van der Waals surface area contributed by atoms with Crippen molar-refractivity contribution in [2.24, 2.45) is 0 Å². The number of hydrogen-bond acceptors (Lipinski definition) is 4. The van der Waals surface area contributed by atoms with Crippen LogP contribution in [-0.2, 0) is 0 Å². The first-order chi connectivity index (χ1) is 9.67. The van der Waals surface area contributed by atoms with Crippen LogP contribution in [0, 0.1) is 11.3 Å². The molecule has 1 fully saturated rings. The van der Waals surface area contributed by atoms with E-state index in [2.05, 4.69) is 21.4 Å². The maximum absolute atomic E-state index is 9.22. The SMILES string of the molecule is N#Cc1cc(Nc2ncc(Cl)c(Cl)n2)ccc1C1CC1. The van der Waals surface area contributed by atoms with Crippen LogP contribution in [0.5, 0.6) is 0 Å². The molecule has 1 heterocycles. The van der Waals surface area contributed by atoms with Crippen molar-refractivity contribution in [1.82, 2.24) is 9.97 Å². The van der Waals surface area contributed by atoms with E-state index in [1.54, 1.807) is 6.07 Å². The maximum Gasteiger partial charge on any atom is 0.228 e. The Morgan fingerprint density at radius 2 is 2.10 bits per heavy atom. The number of hydrogen-bond donors (Lipinski definition) is 1. The van der Waals surface area contributed by atoms with Gasteiger partial charge in [-0.3, -0.25) is 0 Å². The fraction of sp³-hybridized carbons (Fsp3) is 0.214. The van der Waals surface area contributed by atoms with Crippen molar-refractivity contribution in [2.45, 2.75) is 18.8 Å². The molecule has 0 atom stereocenters. The van der Waals surface area contributed by atoms with Crippen LogP contribution in [0.1, 0.15) is 29.9 Å². The van der Waals surface area contributed by atoms with Crippen LogP contribution in [0.2, 0.25) is 10.2 Å². The van der Waals surface area contributed by atoms with E-state index in [0.717, 1.165) is 24.1 Å². The third-order valence-electron chi connectivity index (χ3n) is 3.15. The number of rotatable bonds is 3. The van der Waals surface area contributed by atoms with Crippen molar-refractivity contribution in [3.63, 3.8) is 0 Å². The van der Waals surface area contributed by atoms with Crippen molar-refractivity contribution in [1.29, 1.82) is 5.26 Å². The predicted octanol–water partition coefficient (Wildman–Crippen LogP) is 4.28. The fourth-order valence-corrected chi connectivity index (χ4v) is 2.24. The summed E-state index contributed by atoms with van der Waals surface area (Å²) in [5.74, 6) is 0.891. The van der Waals surface area contributed by atoms with Gasteiger partial charge >= 0.3 is 0 Å². The van der Waals surface area contributed by atoms with Gasteiger partial charge < -0.3 is 5.32 Å². The molecule has 1 aromatic carbocycles. The topological polar surface area (TPSA) is 61.6 Å². The molecule has 1 N–H and O–H groups in total. The highest BCUT2D eigenvalue weighted by molar-refractivity contribution is 6.41. The molecule has 1 aromatic heterocycles. The van der Waals surface area contributed by atoms with E-state index in [9.17, 15) is 5.26 Å². The van der Waals surface area contributed by atoms with E-state index in [4.69, 9.17) is 23.2 Å². The van der Waals surface area contributed by atoms with Crippen LogP contribution in [0.3, 0.4) is 0 Å². The molecule has 1 saturated carbocycles. The van der Waals surface area contributed by atoms with Crippen molar-refractivity contribution >= 4 is 34.8 Å². The van der Waals surface area contributed by atoms with Gasteiger partial charge in [-0.25, -0.2) is 4.98 Å². The molecule has 0 amide bonds. The van der Waals surface area contributed by atoms with Crippen LogP contribution in [0.4, 0.5) is 11.6 Å². The number of nitrogens with one attached hydrogen (secondary N) is 1. The van der Waals surface area contributed by atoms with Gasteiger partial charge in [0.15, 0.2) is 5.15 Å². The summed E-state index contributed by atoms with van der Waals surface area (Å²) in [4.78, 5) is 8.06. The van der Waals surface area contributed by atoms with Crippen molar-refractivity contribution in [2.75, 3.05) is 5.32 Å². The van der Waals surface area contributed by atoms with Crippen molar-refractivity contribution in [3.8, 4) is 6.07 Å². The summed E-state index contributed by atoms with van der Waals surface area (Å²) in [5, 5.41) is 12.7. The zero-order valence-corrected chi connectivity index (χ0v) is 11.9. The Morgan fingerprint density at radius 3 is 2.75 bits per heavy atom. The second-order valence-corrected chi connectivity index (χ2v) is 5.41. The average Bonchev–Trinajstić information content (AvgIpc) is 3.27. The Kier molecular flexibility index (Phi) is 3.47. The Bertz CT molecular complexity index is 705. The highest BCUT2D eigenvalue weighted by atomic mass is 35.5. The summed E-state index contributed by atoms with van der Waals surface area (Å²) in [7, 11) is 0. The molecule has 2 aromatic rings. The first kappa shape index (κ1) is 13.2. The zero-order valence-electron chi connectivity index (χ0n) is 10.4. The first-order valence-corrected chi connectivity index (χ1v) is 6.92. The van der Waals surface area contributed by atoms with E-state index in [-0.39, 0.29) is 5.15 Å². The molecule has 4 nitrogen and oxygen atoms in total. The van der Waals surface area contributed by atoms with E-state index in [1.807, 2.05) is 12.1 Å². The summed E-state index contributed by atoms with van der Waals surface area (Å²) in [6.07, 6.45) is 3.76. The lowest BCUT2D eigenvalue weighted by molar-refractivity contribution is 1.11. The second kappa shape index (κ2) is 5.28. The predicted molar refractivity (Wildman–Crippen MR) is 78.5 cm³/mol. The van der Waals surface area contributed by atoms with E-state index in [0.29, 0.717) is 22.5 Å². The Hall–Kier alpha value is -1.83. The van der Waals surface area contributed by atoms with Gasteiger partial charge in [-0.1, -0.05) is 29.3 Å². The largest absolute Gasteiger partial charge is 0.324 e. The lowest BCUT2D eigenvalue weighted by atomic mass is 10.0. The van der Waals surface area contributed by atoms with Gasteiger partial charge in [-0.05, 0) is 36.5 Å². The first-order valence-electron chi connectivity index (χ1n) is 6.16. The summed E-state index contributed by atoms with van der Waals surface area (Å²) >= 11 is 11.6. The molecule has 6 heteroatoms. The lowest BCUT2D eigenvalue weighted by Gasteiger charge is -2.08. The molecule has 0 spiro atoms. The average molecular weight is 305 g/mol. The summed E-state index contributed by atoms with van der Waals surface area (Å²) < 4.78 is 0. The highest BCUT2D eigenvalue weighted by Crippen LogP contribution is 2.42. The van der Waals surface area contributed by atoms with E-state index < -0.39 is 0 Å². The molecule has 1 aliphatic carbocycles. The minimum absolute atomic E-state index is 0.194. The summed E-state index contributed by atoms with van der Waals surface area (Å²) in [6, 6.07) is 7.94. The number of anilines is 2. The number of halogens is 2. The lowest BCUT2D eigenvalue weighted by Crippen LogP contribution is -1.98. The molecule has 0 bridgehead atoms. The molecule has 0 aliphatic heterocycles. The van der Waals surface area contributed by atoms with Crippen LogP contribution >= 0.6 is 23.2 Å². The molecule has 0 unspecified atom stereocenters. The fourth-order valence-electron chi connectivity index (χ4n) is 2.02. The standard InChI is InChI=1S/C14H10Cl2N4/c15-12-7-18-14(20-13(12)16)19-10-3-4-11(8-1-2-8)9(5-10)6-17/h3-5,7-8H,1-2H2,(H,18,19,20). The molecular formula is C14H10Cl2N4. The minimum Gasteiger partial charge on any atom is -0.324 e. The van der Waals surface area contributed by atoms with Crippen LogP contribution in [-0.4, -0.2) is 9.97 Å². The molecule has 3 rings (SSSR count). The molecule has 20 heavy (non-hydrogen) atoms. The zero-order chi connectivity index (χ0) is 14.1. The van der Waals surface area contributed by atoms with E-state index >= 15 is 0 Å². The maximum atomic E-state index is 9.22. The monoisotopic (exact) mass is 304 g/mol. The van der Waals surface area contributed by atoms with E-state index in [1.165, 1.54) is 6.20 Å². The van der Waals surface area contributed by atoms with Gasteiger partial charge in [-0.15, -0.1) is 0 Å². The van der Waals surface area contributed by atoms with Gasteiger partial charge in [0, 0.05) is 5.69 Å². The Morgan fingerprint density at radius 1 is 1.30 bits per heavy atom. The normalized spacial score (nSPS) is 13.8. The van der Waals surface area contributed by atoms with Gasteiger partial charge in [0.1, 0.15) is 0 Å². The number of aromatic nitrogens is 2. The summed E-state index contributed by atoms with van der Waals surface area (Å²) in [6.45, 7) is 0. The van der Waals surface area contributed by atoms with Crippen LogP contribution in [0.25, 0.3) is 0 Å². The quantitative estimate of drug-likeness (QED) is 0.860. The van der Waals surface area contributed by atoms with Gasteiger partial charge in [0.05, 0.1) is 22.9 Å². The minimum atomic E-state index is 0.194. The van der Waals surface area contributed by atoms with Crippen LogP contribution < -0.4 is 5.32 Å². The molecule has 0 saturated heterocycles. The third-order valence-corrected chi connectivity index (χ3v) is 3.81. The Balaban J connectivity index is 1.87.